The fraction of sp³-hybridized carbons (Fsp3) is 0.500. The molecule has 0 atom stereocenters. The van der Waals surface area contributed by atoms with Gasteiger partial charge in [0, 0.05) is 37.3 Å². The van der Waals surface area contributed by atoms with E-state index in [4.69, 9.17) is 10.00 Å². The van der Waals surface area contributed by atoms with Crippen molar-refractivity contribution in [1.82, 2.24) is 9.88 Å². The van der Waals surface area contributed by atoms with E-state index in [9.17, 15) is 4.79 Å². The van der Waals surface area contributed by atoms with Crippen molar-refractivity contribution in [1.29, 1.82) is 5.26 Å². The summed E-state index contributed by atoms with van der Waals surface area (Å²) in [6.45, 7) is 4.13. The van der Waals surface area contributed by atoms with Gasteiger partial charge in [0.1, 0.15) is 11.4 Å². The molecule has 3 aliphatic heterocycles. The Morgan fingerprint density at radius 1 is 1.21 bits per heavy atom. The van der Waals surface area contributed by atoms with Gasteiger partial charge in [-0.05, 0) is 55.9 Å². The monoisotopic (exact) mass is 408 g/mol. The van der Waals surface area contributed by atoms with Crippen LogP contribution >= 0.6 is 11.3 Å². The van der Waals surface area contributed by atoms with E-state index in [0.29, 0.717) is 12.2 Å². The minimum Gasteiger partial charge on any atom is -0.369 e. The number of anilines is 1. The molecule has 0 radical (unpaired) electrons. The number of carbonyl (C=O) groups is 1. The molecule has 0 aliphatic carbocycles. The summed E-state index contributed by atoms with van der Waals surface area (Å²) in [5.41, 5.74) is 1.64. The molecule has 7 heteroatoms. The van der Waals surface area contributed by atoms with Crippen molar-refractivity contribution in [3.63, 3.8) is 0 Å². The van der Waals surface area contributed by atoms with Gasteiger partial charge in [-0.25, -0.2) is 4.98 Å². The Morgan fingerprint density at radius 2 is 2.00 bits per heavy atom. The maximum Gasteiger partial charge on any atom is 0.263 e. The fourth-order valence-corrected chi connectivity index (χ4v) is 6.11. The van der Waals surface area contributed by atoms with E-state index in [-0.39, 0.29) is 11.5 Å². The number of pyridine rings is 1. The highest BCUT2D eigenvalue weighted by atomic mass is 32.1. The molecule has 2 saturated heterocycles. The largest absolute Gasteiger partial charge is 0.369 e. The molecule has 1 amide bonds. The molecule has 3 aliphatic rings. The third-order valence-electron chi connectivity index (χ3n) is 6.35. The van der Waals surface area contributed by atoms with E-state index in [1.807, 2.05) is 11.0 Å². The molecule has 0 saturated carbocycles. The molecule has 2 aromatic heterocycles. The van der Waals surface area contributed by atoms with Gasteiger partial charge in [0.15, 0.2) is 0 Å². The molecule has 5 heterocycles. The number of fused-ring (bicyclic) bond motifs is 2. The van der Waals surface area contributed by atoms with Crippen LogP contribution in [0.1, 0.15) is 51.4 Å². The Morgan fingerprint density at radius 3 is 2.76 bits per heavy atom. The lowest BCUT2D eigenvalue weighted by Crippen LogP contribution is -2.46. The standard InChI is InChI=1S/C22H24N4O2S/c23-15-16-3-7-24-19(13-16)25-10-5-22(6-11-25)20-17(4-12-28-22)14-18(29-20)21(27)26-8-1-2-9-26/h3,7,13-14H,1-2,4-6,8-12H2. The summed E-state index contributed by atoms with van der Waals surface area (Å²) in [6, 6.07) is 7.89. The Kier molecular flexibility index (Phi) is 4.76. The van der Waals surface area contributed by atoms with Gasteiger partial charge in [-0.1, -0.05) is 0 Å². The van der Waals surface area contributed by atoms with E-state index >= 15 is 0 Å². The van der Waals surface area contributed by atoms with E-state index in [1.54, 1.807) is 23.6 Å². The summed E-state index contributed by atoms with van der Waals surface area (Å²) in [4.78, 5) is 23.7. The lowest BCUT2D eigenvalue weighted by atomic mass is 9.85. The minimum absolute atomic E-state index is 0.187. The molecule has 5 rings (SSSR count). The number of amides is 1. The number of hydrogen-bond acceptors (Lipinski definition) is 6. The average molecular weight is 409 g/mol. The third-order valence-corrected chi connectivity index (χ3v) is 7.70. The Hall–Kier alpha value is -2.43. The first-order valence-electron chi connectivity index (χ1n) is 10.4. The van der Waals surface area contributed by atoms with Crippen molar-refractivity contribution in [2.75, 3.05) is 37.7 Å². The molecule has 150 valence electrons. The van der Waals surface area contributed by atoms with Crippen LogP contribution in [0, 0.1) is 11.3 Å². The van der Waals surface area contributed by atoms with Gasteiger partial charge in [0.2, 0.25) is 0 Å². The zero-order valence-electron chi connectivity index (χ0n) is 16.4. The van der Waals surface area contributed by atoms with Crippen molar-refractivity contribution >= 4 is 23.1 Å². The van der Waals surface area contributed by atoms with Crippen LogP contribution in [0.15, 0.2) is 24.4 Å². The molecular formula is C22H24N4O2S. The molecule has 2 fully saturated rings. The number of carbonyl (C=O) groups excluding carboxylic acids is 1. The van der Waals surface area contributed by atoms with Crippen LogP contribution in [0.5, 0.6) is 0 Å². The number of nitrogens with zero attached hydrogens (tertiary/aromatic N) is 4. The second-order valence-corrected chi connectivity index (χ2v) is 9.11. The van der Waals surface area contributed by atoms with Gasteiger partial charge in [-0.3, -0.25) is 4.79 Å². The summed E-state index contributed by atoms with van der Waals surface area (Å²) in [7, 11) is 0. The first-order valence-corrected chi connectivity index (χ1v) is 11.2. The number of piperidine rings is 1. The smallest absolute Gasteiger partial charge is 0.263 e. The van der Waals surface area contributed by atoms with Crippen LogP contribution in [0.4, 0.5) is 5.82 Å². The van der Waals surface area contributed by atoms with Crippen molar-refractivity contribution in [2.45, 2.75) is 37.7 Å². The normalized spacial score (nSPS) is 20.5. The summed E-state index contributed by atoms with van der Waals surface area (Å²) in [6.07, 6.45) is 6.55. The maximum absolute atomic E-state index is 12.9. The van der Waals surface area contributed by atoms with Crippen molar-refractivity contribution in [3.05, 3.63) is 45.3 Å². The highest BCUT2D eigenvalue weighted by molar-refractivity contribution is 7.14. The summed E-state index contributed by atoms with van der Waals surface area (Å²) < 4.78 is 6.37. The van der Waals surface area contributed by atoms with Crippen LogP contribution < -0.4 is 4.90 Å². The third kappa shape index (κ3) is 3.30. The number of rotatable bonds is 2. The zero-order chi connectivity index (χ0) is 19.8. The van der Waals surface area contributed by atoms with Crippen LogP contribution in [-0.4, -0.2) is 48.6 Å². The quantitative estimate of drug-likeness (QED) is 0.762. The second-order valence-electron chi connectivity index (χ2n) is 8.06. The van der Waals surface area contributed by atoms with Gasteiger partial charge in [-0.2, -0.15) is 5.26 Å². The molecule has 0 aromatic carbocycles. The molecule has 6 nitrogen and oxygen atoms in total. The molecule has 0 unspecified atom stereocenters. The minimum atomic E-state index is -0.287. The van der Waals surface area contributed by atoms with Crippen molar-refractivity contribution in [3.8, 4) is 6.07 Å². The van der Waals surface area contributed by atoms with Gasteiger partial charge < -0.3 is 14.5 Å². The van der Waals surface area contributed by atoms with E-state index in [0.717, 1.165) is 69.0 Å². The van der Waals surface area contributed by atoms with Gasteiger partial charge in [-0.15, -0.1) is 11.3 Å². The highest BCUT2D eigenvalue weighted by Crippen LogP contribution is 2.46. The SMILES string of the molecule is N#Cc1ccnc(N2CCC3(CC2)OCCc2cc(C(=O)N4CCCC4)sc23)c1. The number of ether oxygens (including phenoxy) is 1. The van der Waals surface area contributed by atoms with Crippen LogP contribution in [0.3, 0.4) is 0 Å². The Balaban J connectivity index is 1.36. The summed E-state index contributed by atoms with van der Waals surface area (Å²) in [5, 5.41) is 9.15. The fourth-order valence-electron chi connectivity index (χ4n) is 4.73. The number of thiophene rings is 1. The molecular weight excluding hydrogens is 384 g/mol. The summed E-state index contributed by atoms with van der Waals surface area (Å²) in [5.74, 6) is 1.04. The number of likely N-dealkylation sites (tertiary alicyclic amines) is 1. The summed E-state index contributed by atoms with van der Waals surface area (Å²) >= 11 is 1.65. The lowest BCUT2D eigenvalue weighted by molar-refractivity contribution is -0.0735. The van der Waals surface area contributed by atoms with Crippen LogP contribution in [0.2, 0.25) is 0 Å². The molecule has 0 N–H and O–H groups in total. The van der Waals surface area contributed by atoms with Gasteiger partial charge in [0.25, 0.3) is 5.91 Å². The van der Waals surface area contributed by atoms with Crippen molar-refractivity contribution < 1.29 is 9.53 Å². The zero-order valence-corrected chi connectivity index (χ0v) is 17.2. The molecule has 29 heavy (non-hydrogen) atoms. The van der Waals surface area contributed by atoms with E-state index in [2.05, 4.69) is 22.0 Å². The predicted octanol–water partition coefficient (Wildman–Crippen LogP) is 3.32. The Labute approximate surface area is 174 Å². The molecule has 0 bridgehead atoms. The predicted molar refractivity (Wildman–Crippen MR) is 111 cm³/mol. The second kappa shape index (κ2) is 7.43. The number of nitriles is 1. The maximum atomic E-state index is 12.9. The van der Waals surface area contributed by atoms with E-state index in [1.165, 1.54) is 10.4 Å². The molecule has 1 spiro atoms. The topological polar surface area (TPSA) is 69.5 Å². The van der Waals surface area contributed by atoms with Crippen LogP contribution in [0.25, 0.3) is 0 Å². The average Bonchev–Trinajstić information content (AvgIpc) is 3.45. The van der Waals surface area contributed by atoms with Gasteiger partial charge >= 0.3 is 0 Å². The Bertz CT molecular complexity index is 965. The first-order chi connectivity index (χ1) is 14.2. The van der Waals surface area contributed by atoms with Crippen LogP contribution in [-0.2, 0) is 16.8 Å². The van der Waals surface area contributed by atoms with E-state index < -0.39 is 0 Å². The first kappa shape index (κ1) is 18.6. The van der Waals surface area contributed by atoms with Gasteiger partial charge in [0.05, 0.1) is 23.1 Å². The highest BCUT2D eigenvalue weighted by Gasteiger charge is 2.43. The molecule has 2 aromatic rings. The van der Waals surface area contributed by atoms with Crippen molar-refractivity contribution in [2.24, 2.45) is 0 Å². The lowest BCUT2D eigenvalue weighted by Gasteiger charge is -2.44. The number of aromatic nitrogens is 1. The number of hydrogen-bond donors (Lipinski definition) is 0.